The van der Waals surface area contributed by atoms with E-state index in [4.69, 9.17) is 14.9 Å². The average molecular weight is 571 g/mol. The molecule has 1 aliphatic rings. The van der Waals surface area contributed by atoms with Crippen LogP contribution in [0.2, 0.25) is 0 Å². The van der Waals surface area contributed by atoms with Gasteiger partial charge in [-0.15, -0.1) is 21.5 Å². The third-order valence-corrected chi connectivity index (χ3v) is 8.10. The zero-order valence-electron chi connectivity index (χ0n) is 23.8. The summed E-state index contributed by atoms with van der Waals surface area (Å²) < 4.78 is 11.9. The second-order valence-electron chi connectivity index (χ2n) is 10.5. The Bertz CT molecular complexity index is 1590. The Hall–Kier alpha value is -4.15. The van der Waals surface area contributed by atoms with Crippen LogP contribution in [0.25, 0.3) is 17.2 Å². The van der Waals surface area contributed by atoms with E-state index in [2.05, 4.69) is 26.8 Å². The summed E-state index contributed by atoms with van der Waals surface area (Å²) in [6.45, 7) is 10.4. The van der Waals surface area contributed by atoms with Gasteiger partial charge in [-0.2, -0.15) is 0 Å². The van der Waals surface area contributed by atoms with Crippen molar-refractivity contribution in [2.24, 2.45) is 10.7 Å². The summed E-state index contributed by atoms with van der Waals surface area (Å²) in [5, 5.41) is 11.1. The van der Waals surface area contributed by atoms with E-state index in [1.54, 1.807) is 37.4 Å². The van der Waals surface area contributed by atoms with E-state index in [-0.39, 0.29) is 11.9 Å². The molecule has 0 saturated carbocycles. The fourth-order valence-corrected chi connectivity index (χ4v) is 6.04. The number of rotatable bonds is 8. The first-order valence-corrected chi connectivity index (χ1v) is 14.4. The van der Waals surface area contributed by atoms with Gasteiger partial charge in [0.25, 0.3) is 5.91 Å². The smallest absolute Gasteiger partial charge is 0.254 e. The normalized spacial score (nSPS) is 17.0. The van der Waals surface area contributed by atoms with Crippen molar-refractivity contribution in [1.29, 1.82) is 0 Å². The van der Waals surface area contributed by atoms with E-state index in [9.17, 15) is 4.79 Å². The third kappa shape index (κ3) is 6.28. The van der Waals surface area contributed by atoms with Gasteiger partial charge in [-0.1, -0.05) is 36.9 Å². The molecule has 0 bridgehead atoms. The first-order chi connectivity index (χ1) is 19.6. The fourth-order valence-electron chi connectivity index (χ4n) is 5.10. The zero-order chi connectivity index (χ0) is 29.1. The highest BCUT2D eigenvalue weighted by Gasteiger charge is 2.33. The molecule has 0 radical (unpaired) electrons. The molecule has 2 atom stereocenters. The van der Waals surface area contributed by atoms with Crippen molar-refractivity contribution >= 4 is 28.9 Å². The van der Waals surface area contributed by atoms with Crippen LogP contribution in [0.3, 0.4) is 0 Å². The van der Waals surface area contributed by atoms with Crippen molar-refractivity contribution in [1.82, 2.24) is 20.1 Å². The van der Waals surface area contributed by atoms with Gasteiger partial charge >= 0.3 is 0 Å². The van der Waals surface area contributed by atoms with Crippen molar-refractivity contribution in [3.8, 4) is 11.5 Å². The lowest BCUT2D eigenvalue weighted by atomic mass is 9.93. The number of nitrogens with zero attached hydrogens (tertiary/aromatic N) is 5. The molecule has 2 N–H and O–H groups in total. The Morgan fingerprint density at radius 1 is 1.22 bits per heavy atom. The maximum absolute atomic E-state index is 14.0. The molecule has 3 heterocycles. The van der Waals surface area contributed by atoms with E-state index < -0.39 is 5.54 Å². The predicted molar refractivity (Wildman–Crippen MR) is 161 cm³/mol. The molecule has 2 aromatic carbocycles. The van der Waals surface area contributed by atoms with E-state index in [0.717, 1.165) is 29.1 Å². The zero-order valence-corrected chi connectivity index (χ0v) is 24.6. The van der Waals surface area contributed by atoms with Crippen LogP contribution in [0.15, 0.2) is 69.9 Å². The maximum Gasteiger partial charge on any atom is 0.254 e. The fraction of sp³-hybridized carbons (Fsp3) is 0.323. The molecule has 1 aliphatic heterocycles. The number of hydrogen-bond donors (Lipinski definition) is 1. The molecule has 10 heteroatoms. The van der Waals surface area contributed by atoms with Gasteiger partial charge in [0.05, 0.1) is 11.6 Å². The number of ether oxygens (including phenoxy) is 1. The lowest BCUT2D eigenvalue weighted by Gasteiger charge is -2.27. The molecule has 4 aromatic rings. The second kappa shape index (κ2) is 11.8. The Morgan fingerprint density at radius 3 is 2.63 bits per heavy atom. The van der Waals surface area contributed by atoms with Crippen LogP contribution in [0, 0.1) is 13.8 Å². The summed E-state index contributed by atoms with van der Waals surface area (Å²) >= 11 is 1.59. The largest absolute Gasteiger partial charge is 0.441 e. The molecular formula is C31H34N6O3S. The first-order valence-electron chi connectivity index (χ1n) is 13.5. The van der Waals surface area contributed by atoms with Gasteiger partial charge in [-0.25, -0.2) is 4.98 Å². The number of nitrogens with two attached hydrogens (primary N) is 1. The lowest BCUT2D eigenvalue weighted by molar-refractivity contribution is 0.0735. The summed E-state index contributed by atoms with van der Waals surface area (Å²) in [5.74, 6) is 1.25. The minimum Gasteiger partial charge on any atom is -0.441 e. The average Bonchev–Trinajstić information content (AvgIpc) is 3.72. The number of likely N-dealkylation sites (tertiary alicyclic amines) is 1. The Balaban J connectivity index is 1.46. The lowest BCUT2D eigenvalue weighted by Crippen LogP contribution is -2.48. The summed E-state index contributed by atoms with van der Waals surface area (Å²) in [5.41, 5.74) is 9.45. The van der Waals surface area contributed by atoms with Crippen LogP contribution < -0.4 is 5.73 Å². The molecule has 212 valence electrons. The van der Waals surface area contributed by atoms with Gasteiger partial charge in [-0.05, 0) is 56.9 Å². The summed E-state index contributed by atoms with van der Waals surface area (Å²) in [4.78, 5) is 24.9. The topological polar surface area (TPSA) is 120 Å². The van der Waals surface area contributed by atoms with Crippen molar-refractivity contribution in [2.45, 2.75) is 51.6 Å². The first kappa shape index (κ1) is 28.4. The minimum atomic E-state index is -0.895. The van der Waals surface area contributed by atoms with E-state index in [0.29, 0.717) is 53.1 Å². The van der Waals surface area contributed by atoms with Crippen LogP contribution in [-0.2, 0) is 11.2 Å². The molecule has 0 aliphatic carbocycles. The van der Waals surface area contributed by atoms with Crippen molar-refractivity contribution in [2.75, 3.05) is 13.6 Å². The molecule has 0 spiro atoms. The molecular weight excluding hydrogens is 536 g/mol. The van der Waals surface area contributed by atoms with Gasteiger partial charge in [0.15, 0.2) is 0 Å². The summed E-state index contributed by atoms with van der Waals surface area (Å²) in [6, 6.07) is 15.2. The van der Waals surface area contributed by atoms with Gasteiger partial charge in [0.2, 0.25) is 17.7 Å². The Labute approximate surface area is 243 Å². The Kier molecular flexibility index (Phi) is 8.14. The van der Waals surface area contributed by atoms with Gasteiger partial charge in [-0.3, -0.25) is 9.79 Å². The van der Waals surface area contributed by atoms with Crippen molar-refractivity contribution in [3.05, 3.63) is 93.8 Å². The molecule has 41 heavy (non-hydrogen) atoms. The second-order valence-corrected chi connectivity index (χ2v) is 11.4. The summed E-state index contributed by atoms with van der Waals surface area (Å²) in [7, 11) is 1.64. The summed E-state index contributed by atoms with van der Waals surface area (Å²) in [6.07, 6.45) is 2.30. The standard InChI is InChI=1S/C31H34N6O3S/c1-19-18-41-28(34-19)26-12-9-13-37(26)29(38)25-15-23(14-24(16-25)27-36-35-21(3)40-27)20(2)39-30(33-5)31(4,32)17-22-10-7-6-8-11-22/h6-8,10-11,14-16,18,26H,2,9,12-13,17,32H2,1,3-5H3/t26-,31+/m1/s1. The highest BCUT2D eigenvalue weighted by atomic mass is 32.1. The van der Waals surface area contributed by atoms with Crippen molar-refractivity contribution < 1.29 is 13.9 Å². The molecule has 1 amide bonds. The Morgan fingerprint density at radius 2 is 1.98 bits per heavy atom. The monoisotopic (exact) mass is 570 g/mol. The minimum absolute atomic E-state index is 0.0619. The molecule has 0 unspecified atom stereocenters. The molecule has 9 nitrogen and oxygen atoms in total. The van der Waals surface area contributed by atoms with Gasteiger partial charge < -0.3 is 19.8 Å². The number of aromatic nitrogens is 3. The molecule has 1 fully saturated rings. The van der Waals surface area contributed by atoms with Crippen molar-refractivity contribution in [3.63, 3.8) is 0 Å². The number of aryl methyl sites for hydroxylation is 2. The van der Waals surface area contributed by atoms with E-state index in [1.165, 1.54) is 0 Å². The maximum atomic E-state index is 14.0. The van der Waals surface area contributed by atoms with Crippen LogP contribution in [0.5, 0.6) is 0 Å². The molecule has 5 rings (SSSR count). The number of hydrogen-bond acceptors (Lipinski definition) is 9. The third-order valence-electron chi connectivity index (χ3n) is 7.04. The van der Waals surface area contributed by atoms with E-state index >= 15 is 0 Å². The molecule has 2 aromatic heterocycles. The van der Waals surface area contributed by atoms with Gasteiger partial charge in [0, 0.05) is 48.3 Å². The quantitative estimate of drug-likeness (QED) is 0.162. The van der Waals surface area contributed by atoms with Crippen LogP contribution in [0.4, 0.5) is 0 Å². The number of thiazole rings is 1. The predicted octanol–water partition coefficient (Wildman–Crippen LogP) is 5.76. The van der Waals surface area contributed by atoms with Crippen LogP contribution in [-0.4, -0.2) is 51.0 Å². The number of aliphatic imine (C=N–C) groups is 1. The molecule has 1 saturated heterocycles. The highest BCUT2D eigenvalue weighted by molar-refractivity contribution is 7.09. The number of benzene rings is 2. The highest BCUT2D eigenvalue weighted by Crippen LogP contribution is 2.36. The number of carbonyl (C=O) groups excluding carboxylic acids is 1. The van der Waals surface area contributed by atoms with E-state index in [1.807, 2.05) is 60.5 Å². The number of carbonyl (C=O) groups is 1. The van der Waals surface area contributed by atoms with Gasteiger partial charge in [0.1, 0.15) is 10.8 Å². The SMILES string of the molecule is C=C(OC(=NC)[C@@](C)(N)Cc1ccccc1)c1cc(C(=O)N2CCC[C@@H]2c2nc(C)cs2)cc(-c2nnc(C)o2)c1. The van der Waals surface area contributed by atoms with Crippen LogP contribution >= 0.6 is 11.3 Å². The van der Waals surface area contributed by atoms with Crippen LogP contribution in [0.1, 0.15) is 63.9 Å². The number of amides is 1.